The molecule has 0 saturated heterocycles. The number of carbonyl (C=O) groups excluding carboxylic acids is 2. The number of ether oxygens (including phenoxy) is 2. The number of rotatable bonds is 9. The van der Waals surface area contributed by atoms with Crippen molar-refractivity contribution in [3.63, 3.8) is 0 Å². The molecule has 4 N–H and O–H groups in total. The van der Waals surface area contributed by atoms with E-state index in [2.05, 4.69) is 15.6 Å². The normalized spacial score (nSPS) is 11.2. The molecular formula is C35H31N5O4S. The predicted molar refractivity (Wildman–Crippen MR) is 181 cm³/mol. The topological polar surface area (TPSA) is 120 Å². The summed E-state index contributed by atoms with van der Waals surface area (Å²) in [5.74, 6) is 0.699. The van der Waals surface area contributed by atoms with Crippen molar-refractivity contribution in [1.29, 1.82) is 0 Å². The number of aromatic nitrogens is 2. The summed E-state index contributed by atoms with van der Waals surface area (Å²) in [6, 6.07) is 24.9. The average Bonchev–Trinajstić information content (AvgIpc) is 3.66. The zero-order chi connectivity index (χ0) is 31.3. The van der Waals surface area contributed by atoms with E-state index in [1.165, 1.54) is 0 Å². The highest BCUT2D eigenvalue weighted by atomic mass is 32.1. The molecule has 0 aliphatic heterocycles. The number of fused-ring (bicyclic) bond motifs is 2. The first-order valence-corrected chi connectivity index (χ1v) is 15.1. The van der Waals surface area contributed by atoms with Crippen LogP contribution in [0.25, 0.3) is 38.2 Å². The van der Waals surface area contributed by atoms with Crippen molar-refractivity contribution in [3.8, 4) is 16.9 Å². The third-order valence-corrected chi connectivity index (χ3v) is 8.50. The lowest BCUT2D eigenvalue weighted by Crippen LogP contribution is -2.24. The average molecular weight is 618 g/mol. The van der Waals surface area contributed by atoms with E-state index in [4.69, 9.17) is 15.2 Å². The minimum absolute atomic E-state index is 0.208. The molecule has 3 aromatic heterocycles. The number of nitrogen functional groups attached to an aromatic ring is 1. The van der Waals surface area contributed by atoms with Crippen LogP contribution in [0.3, 0.4) is 0 Å². The first kappa shape index (κ1) is 29.5. The number of hydrogen-bond acceptors (Lipinski definition) is 7. The van der Waals surface area contributed by atoms with Gasteiger partial charge in [-0.2, -0.15) is 0 Å². The van der Waals surface area contributed by atoms with Crippen molar-refractivity contribution in [3.05, 3.63) is 113 Å². The van der Waals surface area contributed by atoms with Crippen LogP contribution in [0.1, 0.15) is 21.6 Å². The monoisotopic (exact) mass is 617 g/mol. The molecule has 0 unspecified atom stereocenters. The molecule has 226 valence electrons. The molecule has 0 spiro atoms. The summed E-state index contributed by atoms with van der Waals surface area (Å²) in [4.78, 5) is 29.7. The largest absolute Gasteiger partial charge is 0.495 e. The number of pyridine rings is 1. The Morgan fingerprint density at radius 2 is 1.84 bits per heavy atom. The van der Waals surface area contributed by atoms with Crippen LogP contribution in [0.2, 0.25) is 0 Å². The van der Waals surface area contributed by atoms with Crippen LogP contribution < -0.4 is 21.1 Å². The Hall–Kier alpha value is -5.61. The maximum atomic E-state index is 13.2. The maximum Gasteiger partial charge on any atom is 0.407 e. The van der Waals surface area contributed by atoms with E-state index in [0.29, 0.717) is 29.5 Å². The van der Waals surface area contributed by atoms with Gasteiger partial charge in [-0.1, -0.05) is 66.7 Å². The molecule has 0 bridgehead atoms. The number of aryl methyl sites for hydroxylation is 1. The van der Waals surface area contributed by atoms with E-state index in [1.807, 2.05) is 108 Å². The second kappa shape index (κ2) is 12.9. The number of nitrogens with zero attached hydrogens (tertiary/aromatic N) is 2. The van der Waals surface area contributed by atoms with E-state index in [-0.39, 0.29) is 12.5 Å². The fourth-order valence-electron chi connectivity index (χ4n) is 5.18. The standard InChI is InChI=1S/C35H31N5O4S/c1-40-28-13-7-6-11-24(28)17-29(40)34(41)39-27-15-14-23(18-30(27)43-2)26-21-45-32-25(19-38-33(36)31(26)32)12-8-16-37-35(42)44-20-22-9-4-3-5-10-22/h3-15,17-19,21H,16,20H2,1-2H3,(H2,36,38)(H,37,42)(H,39,41). The molecule has 3 aromatic carbocycles. The number of anilines is 2. The molecule has 3 heterocycles. The summed E-state index contributed by atoms with van der Waals surface area (Å²) >= 11 is 1.55. The SMILES string of the molecule is COc1cc(-c2csc3c(C=CCNC(=O)OCc4ccccc4)cnc(N)c23)ccc1NC(=O)c1cc2ccccc2n1C. The highest BCUT2D eigenvalue weighted by molar-refractivity contribution is 7.18. The second-order valence-electron chi connectivity index (χ2n) is 10.3. The zero-order valence-electron chi connectivity index (χ0n) is 24.7. The van der Waals surface area contributed by atoms with Gasteiger partial charge in [0.15, 0.2) is 0 Å². The van der Waals surface area contributed by atoms with Gasteiger partial charge in [0.05, 0.1) is 12.8 Å². The minimum atomic E-state index is -0.492. The number of thiophene rings is 1. The zero-order valence-corrected chi connectivity index (χ0v) is 25.6. The van der Waals surface area contributed by atoms with Gasteiger partial charge in [0.25, 0.3) is 5.91 Å². The maximum absolute atomic E-state index is 13.2. The molecule has 45 heavy (non-hydrogen) atoms. The van der Waals surface area contributed by atoms with Gasteiger partial charge in [-0.15, -0.1) is 11.3 Å². The lowest BCUT2D eigenvalue weighted by Gasteiger charge is -2.13. The smallest absolute Gasteiger partial charge is 0.407 e. The van der Waals surface area contributed by atoms with E-state index in [9.17, 15) is 9.59 Å². The number of hydrogen-bond donors (Lipinski definition) is 3. The van der Waals surface area contributed by atoms with Crippen molar-refractivity contribution in [2.24, 2.45) is 7.05 Å². The Labute approximate surface area is 263 Å². The fourth-order valence-corrected chi connectivity index (χ4v) is 6.25. The van der Waals surface area contributed by atoms with Crippen LogP contribution in [0.15, 0.2) is 96.5 Å². The van der Waals surface area contributed by atoms with Gasteiger partial charge in [0.1, 0.15) is 23.9 Å². The highest BCUT2D eigenvalue weighted by Gasteiger charge is 2.18. The summed E-state index contributed by atoms with van der Waals surface area (Å²) in [5.41, 5.74) is 12.0. The Balaban J connectivity index is 1.17. The number of carbonyl (C=O) groups is 2. The molecule has 0 aliphatic rings. The summed E-state index contributed by atoms with van der Waals surface area (Å²) < 4.78 is 13.8. The van der Waals surface area contributed by atoms with Crippen LogP contribution in [-0.2, 0) is 18.4 Å². The third-order valence-electron chi connectivity index (χ3n) is 7.47. The van der Waals surface area contributed by atoms with Crippen molar-refractivity contribution < 1.29 is 19.1 Å². The summed E-state index contributed by atoms with van der Waals surface area (Å²) in [5, 5.41) is 9.58. The van der Waals surface area contributed by atoms with Crippen molar-refractivity contribution in [1.82, 2.24) is 14.9 Å². The van der Waals surface area contributed by atoms with E-state index >= 15 is 0 Å². The molecule has 0 atom stereocenters. The number of nitrogens with two attached hydrogens (primary N) is 1. The number of amides is 2. The Bertz CT molecular complexity index is 2050. The number of nitrogens with one attached hydrogen (secondary N) is 2. The Kier molecular flexibility index (Phi) is 8.47. The lowest BCUT2D eigenvalue weighted by molar-refractivity contribution is 0.101. The number of methoxy groups -OCH3 is 1. The quantitative estimate of drug-likeness (QED) is 0.157. The molecular weight excluding hydrogens is 586 g/mol. The van der Waals surface area contributed by atoms with Crippen molar-refractivity contribution in [2.75, 3.05) is 24.7 Å². The van der Waals surface area contributed by atoms with E-state index < -0.39 is 6.09 Å². The summed E-state index contributed by atoms with van der Waals surface area (Å²) in [7, 11) is 3.44. The van der Waals surface area contributed by atoms with Crippen LogP contribution in [0, 0.1) is 0 Å². The fraction of sp³-hybridized carbons (Fsp3) is 0.114. The van der Waals surface area contributed by atoms with Gasteiger partial charge in [-0.25, -0.2) is 9.78 Å². The molecule has 0 radical (unpaired) electrons. The van der Waals surface area contributed by atoms with Gasteiger partial charge >= 0.3 is 6.09 Å². The summed E-state index contributed by atoms with van der Waals surface area (Å²) in [6.07, 6.45) is 4.97. The van der Waals surface area contributed by atoms with Gasteiger partial charge < -0.3 is 30.4 Å². The summed E-state index contributed by atoms with van der Waals surface area (Å²) in [6.45, 7) is 0.500. The van der Waals surface area contributed by atoms with Crippen molar-refractivity contribution >= 4 is 61.9 Å². The first-order valence-electron chi connectivity index (χ1n) is 14.2. The van der Waals surface area contributed by atoms with Gasteiger partial charge in [-0.05, 0) is 40.8 Å². The lowest BCUT2D eigenvalue weighted by atomic mass is 10.0. The molecule has 0 aliphatic carbocycles. The van der Waals surface area contributed by atoms with Gasteiger partial charge in [-0.3, -0.25) is 4.79 Å². The Morgan fingerprint density at radius 3 is 2.64 bits per heavy atom. The second-order valence-corrected chi connectivity index (χ2v) is 11.2. The third kappa shape index (κ3) is 6.22. The molecule has 9 nitrogen and oxygen atoms in total. The highest BCUT2D eigenvalue weighted by Crippen LogP contribution is 2.41. The van der Waals surface area contributed by atoms with E-state index in [1.54, 1.807) is 24.6 Å². The van der Waals surface area contributed by atoms with Gasteiger partial charge in [0, 0.05) is 51.9 Å². The molecule has 0 saturated carbocycles. The van der Waals surface area contributed by atoms with Crippen LogP contribution in [0.5, 0.6) is 5.75 Å². The van der Waals surface area contributed by atoms with Crippen LogP contribution in [0.4, 0.5) is 16.3 Å². The molecule has 2 amide bonds. The van der Waals surface area contributed by atoms with Crippen LogP contribution >= 0.6 is 11.3 Å². The molecule has 10 heteroatoms. The minimum Gasteiger partial charge on any atom is -0.495 e. The molecule has 0 fully saturated rings. The molecule has 6 aromatic rings. The van der Waals surface area contributed by atoms with Gasteiger partial charge in [0.2, 0.25) is 0 Å². The number of alkyl carbamates (subject to hydrolysis) is 1. The predicted octanol–water partition coefficient (Wildman–Crippen LogP) is 7.24. The van der Waals surface area contributed by atoms with Crippen LogP contribution in [-0.4, -0.2) is 35.2 Å². The number of benzene rings is 3. The molecule has 6 rings (SSSR count). The number of para-hydroxylation sites is 1. The van der Waals surface area contributed by atoms with E-state index in [0.717, 1.165) is 43.2 Å². The first-order chi connectivity index (χ1) is 21.9. The van der Waals surface area contributed by atoms with Crippen molar-refractivity contribution in [2.45, 2.75) is 6.61 Å². The Morgan fingerprint density at radius 1 is 1.04 bits per heavy atom.